The molecule has 0 fully saturated rings. The first kappa shape index (κ1) is 17.2. The van der Waals surface area contributed by atoms with Gasteiger partial charge in [-0.2, -0.15) is 0 Å². The number of hydrogen-bond donors (Lipinski definition) is 1. The van der Waals surface area contributed by atoms with Crippen LogP contribution in [0.1, 0.15) is 71.3 Å². The topological polar surface area (TPSA) is 12.0 Å². The van der Waals surface area contributed by atoms with Gasteiger partial charge in [-0.05, 0) is 18.5 Å². The van der Waals surface area contributed by atoms with Gasteiger partial charge in [0.05, 0.1) is 0 Å². The highest BCUT2D eigenvalue weighted by Gasteiger charge is 2.19. The molecule has 1 heteroatoms. The Morgan fingerprint density at radius 2 is 1.45 bits per heavy atom. The fraction of sp³-hybridized carbons (Fsp3) is 0.684. The summed E-state index contributed by atoms with van der Waals surface area (Å²) >= 11 is 0. The van der Waals surface area contributed by atoms with Crippen molar-refractivity contribution in [1.29, 1.82) is 0 Å². The minimum absolute atomic E-state index is 0.225. The van der Waals surface area contributed by atoms with Crippen molar-refractivity contribution in [3.05, 3.63) is 35.9 Å². The highest BCUT2D eigenvalue weighted by molar-refractivity contribution is 5.23. The highest BCUT2D eigenvalue weighted by Crippen LogP contribution is 2.21. The van der Waals surface area contributed by atoms with Gasteiger partial charge in [0.15, 0.2) is 0 Å². The summed E-state index contributed by atoms with van der Waals surface area (Å²) in [7, 11) is 0. The predicted octanol–water partition coefficient (Wildman–Crippen LogP) is 5.30. The van der Waals surface area contributed by atoms with Gasteiger partial charge in [-0.15, -0.1) is 0 Å². The molecule has 0 aliphatic carbocycles. The van der Waals surface area contributed by atoms with Crippen LogP contribution < -0.4 is 5.32 Å². The van der Waals surface area contributed by atoms with Crippen LogP contribution in [0.25, 0.3) is 0 Å². The lowest BCUT2D eigenvalue weighted by Crippen LogP contribution is -2.33. The van der Waals surface area contributed by atoms with Crippen molar-refractivity contribution in [3.63, 3.8) is 0 Å². The Balaban J connectivity index is 2.06. The molecule has 1 aromatic carbocycles. The molecule has 20 heavy (non-hydrogen) atoms. The Kier molecular flexibility index (Phi) is 8.60. The first-order chi connectivity index (χ1) is 9.67. The summed E-state index contributed by atoms with van der Waals surface area (Å²) in [6.07, 6.45) is 9.69. The van der Waals surface area contributed by atoms with E-state index in [1.165, 1.54) is 50.5 Å². The standard InChI is InChI=1S/C19H33N/c1-4-5-6-7-8-9-13-16-20-17-19(2,3)18-14-11-10-12-15-18/h10-12,14-15,20H,4-9,13,16-17H2,1-3H3. The van der Waals surface area contributed by atoms with Gasteiger partial charge in [0.25, 0.3) is 0 Å². The fourth-order valence-corrected chi connectivity index (χ4v) is 2.60. The molecule has 0 saturated carbocycles. The molecule has 0 atom stereocenters. The molecule has 0 unspecified atom stereocenters. The number of nitrogens with one attached hydrogen (secondary N) is 1. The molecule has 0 amide bonds. The normalized spacial score (nSPS) is 11.8. The molecule has 0 aromatic heterocycles. The van der Waals surface area contributed by atoms with Crippen molar-refractivity contribution >= 4 is 0 Å². The molecule has 0 radical (unpaired) electrons. The van der Waals surface area contributed by atoms with E-state index in [0.29, 0.717) is 0 Å². The maximum Gasteiger partial charge on any atom is 0.00431 e. The molecule has 0 aliphatic heterocycles. The number of rotatable bonds is 11. The van der Waals surface area contributed by atoms with Crippen molar-refractivity contribution in [2.45, 2.75) is 71.1 Å². The van der Waals surface area contributed by atoms with Crippen molar-refractivity contribution < 1.29 is 0 Å². The zero-order valence-electron chi connectivity index (χ0n) is 13.8. The van der Waals surface area contributed by atoms with Crippen molar-refractivity contribution in [3.8, 4) is 0 Å². The molecule has 0 heterocycles. The van der Waals surface area contributed by atoms with Gasteiger partial charge in [0, 0.05) is 12.0 Å². The van der Waals surface area contributed by atoms with Gasteiger partial charge in [0.2, 0.25) is 0 Å². The predicted molar refractivity (Wildman–Crippen MR) is 90.3 cm³/mol. The van der Waals surface area contributed by atoms with E-state index in [1.54, 1.807) is 0 Å². The molecule has 1 N–H and O–H groups in total. The van der Waals surface area contributed by atoms with Crippen LogP contribution >= 0.6 is 0 Å². The van der Waals surface area contributed by atoms with Crippen LogP contribution in [-0.2, 0) is 5.41 Å². The van der Waals surface area contributed by atoms with Crippen molar-refractivity contribution in [2.75, 3.05) is 13.1 Å². The van der Waals surface area contributed by atoms with E-state index < -0.39 is 0 Å². The summed E-state index contributed by atoms with van der Waals surface area (Å²) in [5.74, 6) is 0. The van der Waals surface area contributed by atoms with Gasteiger partial charge in [-0.3, -0.25) is 0 Å². The minimum Gasteiger partial charge on any atom is -0.316 e. The third-order valence-electron chi connectivity index (χ3n) is 4.08. The first-order valence-corrected chi connectivity index (χ1v) is 8.43. The largest absolute Gasteiger partial charge is 0.316 e. The third-order valence-corrected chi connectivity index (χ3v) is 4.08. The number of benzene rings is 1. The summed E-state index contributed by atoms with van der Waals surface area (Å²) in [5, 5.41) is 3.63. The molecular formula is C19H33N. The number of hydrogen-bond acceptors (Lipinski definition) is 1. The lowest BCUT2D eigenvalue weighted by molar-refractivity contribution is 0.459. The lowest BCUT2D eigenvalue weighted by atomic mass is 9.84. The van der Waals surface area contributed by atoms with E-state index in [2.05, 4.69) is 56.4 Å². The number of unbranched alkanes of at least 4 members (excludes halogenated alkanes) is 6. The van der Waals surface area contributed by atoms with E-state index in [0.717, 1.165) is 13.1 Å². The summed E-state index contributed by atoms with van der Waals surface area (Å²) in [5.41, 5.74) is 1.65. The van der Waals surface area contributed by atoms with Crippen molar-refractivity contribution in [2.24, 2.45) is 0 Å². The SMILES string of the molecule is CCCCCCCCCNCC(C)(C)c1ccccc1. The minimum atomic E-state index is 0.225. The molecule has 1 aromatic rings. The first-order valence-electron chi connectivity index (χ1n) is 8.43. The van der Waals surface area contributed by atoms with Gasteiger partial charge in [-0.25, -0.2) is 0 Å². The van der Waals surface area contributed by atoms with Gasteiger partial charge < -0.3 is 5.32 Å². The average molecular weight is 275 g/mol. The molecule has 0 spiro atoms. The van der Waals surface area contributed by atoms with Crippen LogP contribution in [-0.4, -0.2) is 13.1 Å². The second-order valence-corrected chi connectivity index (χ2v) is 6.55. The van der Waals surface area contributed by atoms with Crippen LogP contribution in [0.15, 0.2) is 30.3 Å². The second kappa shape index (κ2) is 9.99. The maximum atomic E-state index is 3.63. The maximum absolute atomic E-state index is 3.63. The molecular weight excluding hydrogens is 242 g/mol. The third kappa shape index (κ3) is 7.09. The smallest absolute Gasteiger partial charge is 0.00431 e. The molecule has 1 nitrogen and oxygen atoms in total. The zero-order chi connectivity index (χ0) is 14.7. The van der Waals surface area contributed by atoms with Gasteiger partial charge >= 0.3 is 0 Å². The molecule has 0 bridgehead atoms. The zero-order valence-corrected chi connectivity index (χ0v) is 13.8. The van der Waals surface area contributed by atoms with Crippen LogP contribution in [0.3, 0.4) is 0 Å². The van der Waals surface area contributed by atoms with Gasteiger partial charge in [0.1, 0.15) is 0 Å². The van der Waals surface area contributed by atoms with Crippen LogP contribution in [0.4, 0.5) is 0 Å². The van der Waals surface area contributed by atoms with E-state index in [4.69, 9.17) is 0 Å². The quantitative estimate of drug-likeness (QED) is 0.540. The molecule has 0 aliphatic rings. The fourth-order valence-electron chi connectivity index (χ4n) is 2.60. The average Bonchev–Trinajstić information content (AvgIpc) is 2.46. The highest BCUT2D eigenvalue weighted by atomic mass is 14.9. The lowest BCUT2D eigenvalue weighted by Gasteiger charge is -2.25. The van der Waals surface area contributed by atoms with Crippen molar-refractivity contribution in [1.82, 2.24) is 5.32 Å². The van der Waals surface area contributed by atoms with Crippen LogP contribution in [0, 0.1) is 0 Å². The van der Waals surface area contributed by atoms with Crippen LogP contribution in [0.2, 0.25) is 0 Å². The van der Waals surface area contributed by atoms with Gasteiger partial charge in [-0.1, -0.05) is 89.6 Å². The van der Waals surface area contributed by atoms with E-state index in [-0.39, 0.29) is 5.41 Å². The summed E-state index contributed by atoms with van der Waals surface area (Å²) in [4.78, 5) is 0. The molecule has 114 valence electrons. The Labute approximate surface area is 126 Å². The molecule has 0 saturated heterocycles. The monoisotopic (exact) mass is 275 g/mol. The Hall–Kier alpha value is -0.820. The summed E-state index contributed by atoms with van der Waals surface area (Å²) in [6.45, 7) is 9.13. The second-order valence-electron chi connectivity index (χ2n) is 6.55. The summed E-state index contributed by atoms with van der Waals surface area (Å²) in [6, 6.07) is 10.8. The van der Waals surface area contributed by atoms with E-state index in [1.807, 2.05) is 0 Å². The van der Waals surface area contributed by atoms with E-state index in [9.17, 15) is 0 Å². The molecule has 1 rings (SSSR count). The summed E-state index contributed by atoms with van der Waals surface area (Å²) < 4.78 is 0. The Morgan fingerprint density at radius 3 is 2.10 bits per heavy atom. The van der Waals surface area contributed by atoms with E-state index >= 15 is 0 Å². The Bertz CT molecular complexity index is 329. The Morgan fingerprint density at radius 1 is 0.850 bits per heavy atom. The van der Waals surface area contributed by atoms with Crippen LogP contribution in [0.5, 0.6) is 0 Å².